The van der Waals surface area contributed by atoms with Crippen molar-refractivity contribution in [1.82, 2.24) is 4.98 Å². The molecule has 0 saturated heterocycles. The topological polar surface area (TPSA) is 87.9 Å². The van der Waals surface area contributed by atoms with E-state index in [1.54, 1.807) is 18.3 Å². The van der Waals surface area contributed by atoms with Crippen LogP contribution in [0.3, 0.4) is 0 Å². The smallest absolute Gasteiger partial charge is 0.165 e. The van der Waals surface area contributed by atoms with Gasteiger partial charge < -0.3 is 0 Å². The van der Waals surface area contributed by atoms with Gasteiger partial charge in [0.25, 0.3) is 0 Å². The van der Waals surface area contributed by atoms with Crippen molar-refractivity contribution in [3.05, 3.63) is 65.4 Å². The van der Waals surface area contributed by atoms with E-state index in [4.69, 9.17) is 5.26 Å². The quantitative estimate of drug-likeness (QED) is 0.573. The minimum absolute atomic E-state index is 0.0267. The Kier molecular flexibility index (Phi) is 4.93. The second-order valence-electron chi connectivity index (χ2n) is 7.55. The first-order valence-electron chi connectivity index (χ1n) is 9.50. The Morgan fingerprint density at radius 2 is 1.90 bits per heavy atom. The Labute approximate surface area is 169 Å². The van der Waals surface area contributed by atoms with Crippen molar-refractivity contribution in [2.24, 2.45) is 0 Å². The minimum Gasteiger partial charge on any atom is -0.294 e. The van der Waals surface area contributed by atoms with Gasteiger partial charge in [-0.25, -0.2) is 8.42 Å². The molecule has 0 bridgehead atoms. The zero-order valence-corrected chi connectivity index (χ0v) is 16.9. The highest BCUT2D eigenvalue weighted by atomic mass is 32.2. The van der Waals surface area contributed by atoms with Gasteiger partial charge in [0.15, 0.2) is 5.78 Å². The summed E-state index contributed by atoms with van der Waals surface area (Å²) < 4.78 is 22.9. The second kappa shape index (κ2) is 7.41. The molecule has 3 aromatic rings. The van der Waals surface area contributed by atoms with Gasteiger partial charge in [-0.15, -0.1) is 0 Å². The number of hydrogen-bond donors (Lipinski definition) is 0. The van der Waals surface area contributed by atoms with E-state index in [0.717, 1.165) is 46.7 Å². The Bertz CT molecular complexity index is 1250. The highest BCUT2D eigenvalue weighted by Crippen LogP contribution is 2.45. The van der Waals surface area contributed by atoms with Crippen LogP contribution < -0.4 is 0 Å². The number of benzene rings is 2. The first-order chi connectivity index (χ1) is 13.9. The van der Waals surface area contributed by atoms with Crippen molar-refractivity contribution in [1.29, 1.82) is 5.26 Å². The van der Waals surface area contributed by atoms with Crippen molar-refractivity contribution >= 4 is 26.5 Å². The number of nitrogens with zero attached hydrogens (tertiary/aromatic N) is 2. The summed E-state index contributed by atoms with van der Waals surface area (Å²) in [5.41, 5.74) is 4.85. The molecule has 4 rings (SSSR count). The molecule has 0 aliphatic heterocycles. The molecule has 1 aliphatic carbocycles. The summed E-state index contributed by atoms with van der Waals surface area (Å²) in [6.45, 7) is 0. The maximum Gasteiger partial charge on any atom is 0.165 e. The zero-order valence-electron chi connectivity index (χ0n) is 16.1. The van der Waals surface area contributed by atoms with Crippen LogP contribution in [0.5, 0.6) is 0 Å². The fourth-order valence-corrected chi connectivity index (χ4v) is 4.20. The predicted molar refractivity (Wildman–Crippen MR) is 113 cm³/mol. The first kappa shape index (κ1) is 19.3. The van der Waals surface area contributed by atoms with E-state index < -0.39 is 9.84 Å². The van der Waals surface area contributed by atoms with Crippen LogP contribution in [0.2, 0.25) is 0 Å². The molecule has 0 atom stereocenters. The van der Waals surface area contributed by atoms with Crippen LogP contribution in [0.15, 0.2) is 48.7 Å². The van der Waals surface area contributed by atoms with Crippen LogP contribution in [-0.4, -0.2) is 31.2 Å². The number of Topliss-reactive ketones (excluding diaryl/α,β-unsaturated/α-hetero) is 1. The SMILES string of the molecule is CS(=O)(=O)CCC(=O)c1cnc2c(-c3ccc(C#N)cc3)cccc2c1C1CC1. The average Bonchev–Trinajstić information content (AvgIpc) is 3.55. The highest BCUT2D eigenvalue weighted by Gasteiger charge is 2.31. The van der Waals surface area contributed by atoms with Gasteiger partial charge in [-0.1, -0.05) is 30.3 Å². The van der Waals surface area contributed by atoms with E-state index in [1.165, 1.54) is 0 Å². The number of sulfone groups is 1. The first-order valence-corrected chi connectivity index (χ1v) is 11.6. The van der Waals surface area contributed by atoms with Gasteiger partial charge in [0.05, 0.1) is 22.9 Å². The number of carbonyl (C=O) groups is 1. The van der Waals surface area contributed by atoms with Crippen molar-refractivity contribution in [3.63, 3.8) is 0 Å². The lowest BCUT2D eigenvalue weighted by Crippen LogP contribution is -2.12. The van der Waals surface area contributed by atoms with E-state index >= 15 is 0 Å². The van der Waals surface area contributed by atoms with E-state index in [2.05, 4.69) is 11.1 Å². The summed E-state index contributed by atoms with van der Waals surface area (Å²) in [6.07, 6.45) is 4.76. The van der Waals surface area contributed by atoms with Crippen LogP contribution in [0, 0.1) is 11.3 Å². The number of ketones is 1. The molecule has 2 aromatic carbocycles. The number of pyridine rings is 1. The van der Waals surface area contributed by atoms with Crippen molar-refractivity contribution in [2.45, 2.75) is 25.2 Å². The van der Waals surface area contributed by atoms with Gasteiger partial charge in [0.2, 0.25) is 0 Å². The summed E-state index contributed by atoms with van der Waals surface area (Å²) in [5.74, 6) is -0.0106. The largest absolute Gasteiger partial charge is 0.294 e. The molecule has 1 aromatic heterocycles. The summed E-state index contributed by atoms with van der Waals surface area (Å²) in [7, 11) is -3.20. The normalized spacial score (nSPS) is 13.9. The fraction of sp³-hybridized carbons (Fsp3) is 0.261. The summed E-state index contributed by atoms with van der Waals surface area (Å²) in [5, 5.41) is 9.96. The summed E-state index contributed by atoms with van der Waals surface area (Å²) >= 11 is 0. The Morgan fingerprint density at radius 1 is 1.17 bits per heavy atom. The summed E-state index contributed by atoms with van der Waals surface area (Å²) in [4.78, 5) is 17.4. The standard InChI is InChI=1S/C23H20N2O3S/c1-29(27,28)12-11-21(26)20-14-25-23-18(16-7-5-15(13-24)6-8-16)3-2-4-19(23)22(20)17-9-10-17/h2-8,14,17H,9-12H2,1H3. The van der Waals surface area contributed by atoms with E-state index in [9.17, 15) is 13.2 Å². The molecule has 29 heavy (non-hydrogen) atoms. The lowest BCUT2D eigenvalue weighted by Gasteiger charge is -2.14. The molecule has 0 radical (unpaired) electrons. The molecule has 1 aliphatic rings. The van der Waals surface area contributed by atoms with Crippen molar-refractivity contribution in [3.8, 4) is 17.2 Å². The third-order valence-corrected chi connectivity index (χ3v) is 6.20. The molecule has 1 heterocycles. The van der Waals surface area contributed by atoms with Crippen molar-refractivity contribution < 1.29 is 13.2 Å². The molecule has 0 spiro atoms. The van der Waals surface area contributed by atoms with E-state index in [0.29, 0.717) is 17.0 Å². The van der Waals surface area contributed by atoms with Gasteiger partial charge in [-0.05, 0) is 42.0 Å². The molecule has 146 valence electrons. The molecule has 0 amide bonds. The Balaban J connectivity index is 1.82. The monoisotopic (exact) mass is 404 g/mol. The fourth-order valence-electron chi connectivity index (χ4n) is 3.65. The molecule has 5 nitrogen and oxygen atoms in total. The lowest BCUT2D eigenvalue weighted by molar-refractivity contribution is 0.0987. The molecular weight excluding hydrogens is 384 g/mol. The molecule has 0 unspecified atom stereocenters. The van der Waals surface area contributed by atoms with Gasteiger partial charge in [-0.3, -0.25) is 9.78 Å². The third-order valence-electron chi connectivity index (χ3n) is 5.25. The Hall–Kier alpha value is -3.04. The number of carbonyl (C=O) groups excluding carboxylic acids is 1. The highest BCUT2D eigenvalue weighted by molar-refractivity contribution is 7.90. The predicted octanol–water partition coefficient (Wildman–Crippen LogP) is 4.27. The van der Waals surface area contributed by atoms with Crippen LogP contribution in [-0.2, 0) is 9.84 Å². The molecule has 1 saturated carbocycles. The zero-order chi connectivity index (χ0) is 20.6. The van der Waals surface area contributed by atoms with Crippen LogP contribution in [0.25, 0.3) is 22.0 Å². The van der Waals surface area contributed by atoms with Crippen LogP contribution >= 0.6 is 0 Å². The lowest BCUT2D eigenvalue weighted by atomic mass is 9.93. The number of hydrogen-bond acceptors (Lipinski definition) is 5. The molecule has 0 N–H and O–H groups in total. The second-order valence-corrected chi connectivity index (χ2v) is 9.81. The van der Waals surface area contributed by atoms with Crippen molar-refractivity contribution in [2.75, 3.05) is 12.0 Å². The van der Waals surface area contributed by atoms with Gasteiger partial charge in [-0.2, -0.15) is 5.26 Å². The third kappa shape index (κ3) is 4.06. The van der Waals surface area contributed by atoms with Crippen LogP contribution in [0.4, 0.5) is 0 Å². The molecule has 6 heteroatoms. The molecule has 1 fully saturated rings. The average molecular weight is 404 g/mol. The minimum atomic E-state index is -3.20. The Morgan fingerprint density at radius 3 is 2.52 bits per heavy atom. The molecular formula is C23H20N2O3S. The van der Waals surface area contributed by atoms with Crippen LogP contribution in [0.1, 0.15) is 46.7 Å². The van der Waals surface area contributed by atoms with E-state index in [-0.39, 0.29) is 18.0 Å². The number of rotatable bonds is 6. The van der Waals surface area contributed by atoms with Gasteiger partial charge >= 0.3 is 0 Å². The summed E-state index contributed by atoms with van der Waals surface area (Å²) in [6, 6.07) is 15.4. The number of para-hydroxylation sites is 1. The maximum absolute atomic E-state index is 12.8. The number of fused-ring (bicyclic) bond motifs is 1. The number of nitriles is 1. The number of aromatic nitrogens is 1. The van der Waals surface area contributed by atoms with E-state index in [1.807, 2.05) is 30.3 Å². The van der Waals surface area contributed by atoms with Gasteiger partial charge in [0, 0.05) is 35.4 Å². The van der Waals surface area contributed by atoms with Gasteiger partial charge in [0.1, 0.15) is 9.84 Å². The maximum atomic E-state index is 12.8.